The van der Waals surface area contributed by atoms with Gasteiger partial charge in [-0.1, -0.05) is 17.7 Å². The van der Waals surface area contributed by atoms with Gasteiger partial charge in [0.15, 0.2) is 0 Å². The summed E-state index contributed by atoms with van der Waals surface area (Å²) in [6, 6.07) is 9.43. The first-order valence-electron chi connectivity index (χ1n) is 8.76. The van der Waals surface area contributed by atoms with E-state index in [4.69, 9.17) is 0 Å². The zero-order valence-corrected chi connectivity index (χ0v) is 14.7. The predicted octanol–water partition coefficient (Wildman–Crippen LogP) is 1.97. The van der Waals surface area contributed by atoms with Gasteiger partial charge in [-0.3, -0.25) is 9.59 Å². The molecule has 0 unspecified atom stereocenters. The van der Waals surface area contributed by atoms with Crippen molar-refractivity contribution < 1.29 is 4.79 Å². The Balaban J connectivity index is 1.57. The number of hydrogen-bond donors (Lipinski definition) is 1. The number of aryl methyl sites for hydroxylation is 2. The lowest BCUT2D eigenvalue weighted by molar-refractivity contribution is 0.0931. The predicted molar refractivity (Wildman–Crippen MR) is 98.1 cm³/mol. The molecule has 0 bridgehead atoms. The highest BCUT2D eigenvalue weighted by Crippen LogP contribution is 2.18. The first-order chi connectivity index (χ1) is 12.1. The molecule has 0 saturated carbocycles. The molecule has 0 atom stereocenters. The van der Waals surface area contributed by atoms with Gasteiger partial charge in [-0.2, -0.15) is 5.10 Å². The van der Waals surface area contributed by atoms with E-state index in [9.17, 15) is 9.59 Å². The fourth-order valence-corrected chi connectivity index (χ4v) is 3.17. The summed E-state index contributed by atoms with van der Waals surface area (Å²) in [5, 5.41) is 7.30. The van der Waals surface area contributed by atoms with Gasteiger partial charge >= 0.3 is 0 Å². The van der Waals surface area contributed by atoms with Crippen LogP contribution in [0.2, 0.25) is 0 Å². The lowest BCUT2D eigenvalue weighted by Crippen LogP contribution is -2.45. The Morgan fingerprint density at radius 1 is 1.28 bits per heavy atom. The largest absolute Gasteiger partial charge is 0.370 e. The van der Waals surface area contributed by atoms with Crippen molar-refractivity contribution in [2.24, 2.45) is 0 Å². The average Bonchev–Trinajstić information content (AvgIpc) is 2.62. The van der Waals surface area contributed by atoms with Crippen LogP contribution in [0.1, 0.15) is 35.7 Å². The second-order valence-electron chi connectivity index (χ2n) is 6.47. The lowest BCUT2D eigenvalue weighted by Gasteiger charge is -2.33. The van der Waals surface area contributed by atoms with Crippen LogP contribution in [-0.4, -0.2) is 34.8 Å². The van der Waals surface area contributed by atoms with Crippen molar-refractivity contribution in [3.05, 3.63) is 58.0 Å². The molecule has 1 aliphatic heterocycles. The molecule has 1 aliphatic rings. The quantitative estimate of drug-likeness (QED) is 0.924. The standard InChI is InChI=1S/C19H24N4O2/c1-3-23-18(24)12-17(13-20-23)22-9-7-16(8-10-22)21-19(25)15-6-4-5-14(2)11-15/h4-6,11-13,16H,3,7-10H2,1-2H3,(H,21,25). The number of aromatic nitrogens is 2. The maximum Gasteiger partial charge on any atom is 0.268 e. The highest BCUT2D eigenvalue weighted by molar-refractivity contribution is 5.94. The van der Waals surface area contributed by atoms with Gasteiger partial charge in [0.25, 0.3) is 11.5 Å². The monoisotopic (exact) mass is 340 g/mol. The molecule has 132 valence electrons. The summed E-state index contributed by atoms with van der Waals surface area (Å²) in [6.45, 7) is 6.06. The highest BCUT2D eigenvalue weighted by Gasteiger charge is 2.22. The van der Waals surface area contributed by atoms with Crippen LogP contribution >= 0.6 is 0 Å². The van der Waals surface area contributed by atoms with Crippen molar-refractivity contribution in [1.82, 2.24) is 15.1 Å². The van der Waals surface area contributed by atoms with Crippen molar-refractivity contribution in [2.45, 2.75) is 39.3 Å². The van der Waals surface area contributed by atoms with E-state index in [0.717, 1.165) is 37.2 Å². The maximum atomic E-state index is 12.4. The number of nitrogens with one attached hydrogen (secondary N) is 1. The Hall–Kier alpha value is -2.63. The van der Waals surface area contributed by atoms with Crippen LogP contribution < -0.4 is 15.8 Å². The molecular weight excluding hydrogens is 316 g/mol. The number of piperidine rings is 1. The number of rotatable bonds is 4. The van der Waals surface area contributed by atoms with Gasteiger partial charge in [-0.25, -0.2) is 4.68 Å². The van der Waals surface area contributed by atoms with Crippen molar-refractivity contribution in [3.8, 4) is 0 Å². The van der Waals surface area contributed by atoms with E-state index in [1.807, 2.05) is 38.1 Å². The SMILES string of the molecule is CCn1ncc(N2CCC(NC(=O)c3cccc(C)c3)CC2)cc1=O. The number of anilines is 1. The normalized spacial score (nSPS) is 15.2. The molecule has 0 radical (unpaired) electrons. The molecule has 1 saturated heterocycles. The Labute approximate surface area is 147 Å². The summed E-state index contributed by atoms with van der Waals surface area (Å²) < 4.78 is 1.44. The third-order valence-electron chi connectivity index (χ3n) is 4.63. The van der Waals surface area contributed by atoms with E-state index in [0.29, 0.717) is 12.1 Å². The van der Waals surface area contributed by atoms with Gasteiger partial charge in [-0.15, -0.1) is 0 Å². The molecule has 1 amide bonds. The second-order valence-corrected chi connectivity index (χ2v) is 6.47. The summed E-state index contributed by atoms with van der Waals surface area (Å²) >= 11 is 0. The highest BCUT2D eigenvalue weighted by atomic mass is 16.1. The molecule has 1 aromatic carbocycles. The molecule has 25 heavy (non-hydrogen) atoms. The van der Waals surface area contributed by atoms with Gasteiger partial charge < -0.3 is 10.2 Å². The summed E-state index contributed by atoms with van der Waals surface area (Å²) in [6.07, 6.45) is 3.46. The summed E-state index contributed by atoms with van der Waals surface area (Å²) in [7, 11) is 0. The first kappa shape index (κ1) is 17.2. The second kappa shape index (κ2) is 7.51. The van der Waals surface area contributed by atoms with Crippen LogP contribution in [0.3, 0.4) is 0 Å². The van der Waals surface area contributed by atoms with Crippen molar-refractivity contribution in [3.63, 3.8) is 0 Å². The van der Waals surface area contributed by atoms with Gasteiger partial charge in [0.05, 0.1) is 11.9 Å². The summed E-state index contributed by atoms with van der Waals surface area (Å²) in [5.41, 5.74) is 2.57. The molecule has 1 fully saturated rings. The zero-order valence-electron chi connectivity index (χ0n) is 14.7. The van der Waals surface area contributed by atoms with E-state index < -0.39 is 0 Å². The van der Waals surface area contributed by atoms with E-state index in [-0.39, 0.29) is 17.5 Å². The number of amides is 1. The van der Waals surface area contributed by atoms with E-state index in [2.05, 4.69) is 15.3 Å². The molecule has 0 spiro atoms. The smallest absolute Gasteiger partial charge is 0.268 e. The van der Waals surface area contributed by atoms with Crippen molar-refractivity contribution in [2.75, 3.05) is 18.0 Å². The van der Waals surface area contributed by atoms with Crippen molar-refractivity contribution >= 4 is 11.6 Å². The van der Waals surface area contributed by atoms with Gasteiger partial charge in [-0.05, 0) is 38.8 Å². The molecule has 2 aromatic rings. The van der Waals surface area contributed by atoms with E-state index >= 15 is 0 Å². The third-order valence-corrected chi connectivity index (χ3v) is 4.63. The van der Waals surface area contributed by atoms with Gasteiger partial charge in [0.1, 0.15) is 0 Å². The minimum absolute atomic E-state index is 0.0191. The van der Waals surface area contributed by atoms with Gasteiger partial charge in [0.2, 0.25) is 0 Å². The molecule has 6 nitrogen and oxygen atoms in total. The van der Waals surface area contributed by atoms with Gasteiger partial charge in [0, 0.05) is 37.3 Å². The minimum Gasteiger partial charge on any atom is -0.370 e. The molecule has 3 rings (SSSR count). The summed E-state index contributed by atoms with van der Waals surface area (Å²) in [5.74, 6) is -0.0191. The third kappa shape index (κ3) is 4.07. The number of hydrogen-bond acceptors (Lipinski definition) is 4. The van der Waals surface area contributed by atoms with Crippen LogP contribution in [0.25, 0.3) is 0 Å². The van der Waals surface area contributed by atoms with Crippen LogP contribution in [0.5, 0.6) is 0 Å². The summed E-state index contributed by atoms with van der Waals surface area (Å²) in [4.78, 5) is 26.4. The molecule has 2 heterocycles. The Morgan fingerprint density at radius 2 is 2.04 bits per heavy atom. The van der Waals surface area contributed by atoms with Crippen LogP contribution in [0.4, 0.5) is 5.69 Å². The Morgan fingerprint density at radius 3 is 2.68 bits per heavy atom. The molecule has 0 aliphatic carbocycles. The van der Waals surface area contributed by atoms with Crippen LogP contribution in [0.15, 0.2) is 41.3 Å². The number of benzene rings is 1. The maximum absolute atomic E-state index is 12.4. The van der Waals surface area contributed by atoms with Crippen molar-refractivity contribution in [1.29, 1.82) is 0 Å². The van der Waals surface area contributed by atoms with Crippen LogP contribution in [-0.2, 0) is 6.54 Å². The topological polar surface area (TPSA) is 67.2 Å². The Bertz CT molecular complexity index is 807. The molecule has 1 N–H and O–H groups in total. The zero-order chi connectivity index (χ0) is 17.8. The number of carbonyl (C=O) groups excluding carboxylic acids is 1. The fraction of sp³-hybridized carbons (Fsp3) is 0.421. The number of carbonyl (C=O) groups is 1. The van der Waals surface area contributed by atoms with E-state index in [1.165, 1.54) is 4.68 Å². The number of nitrogens with zero attached hydrogens (tertiary/aromatic N) is 3. The average molecular weight is 340 g/mol. The first-order valence-corrected chi connectivity index (χ1v) is 8.76. The fourth-order valence-electron chi connectivity index (χ4n) is 3.17. The van der Waals surface area contributed by atoms with E-state index in [1.54, 1.807) is 12.3 Å². The van der Waals surface area contributed by atoms with Crippen LogP contribution in [0, 0.1) is 6.92 Å². The minimum atomic E-state index is -0.0742. The molecule has 6 heteroatoms. The lowest BCUT2D eigenvalue weighted by atomic mass is 10.0. The molecule has 1 aromatic heterocycles. The molecular formula is C19H24N4O2. The Kier molecular flexibility index (Phi) is 5.16.